The molecule has 122 valence electrons. The minimum Gasteiger partial charge on any atom is -0.508 e. The summed E-state index contributed by atoms with van der Waals surface area (Å²) in [6.07, 6.45) is 0. The molecule has 0 aliphatic heterocycles. The Kier molecular flexibility index (Phi) is 4.33. The Labute approximate surface area is 140 Å². The van der Waals surface area contributed by atoms with Crippen LogP contribution in [-0.4, -0.2) is 20.8 Å². The van der Waals surface area contributed by atoms with E-state index in [1.807, 2.05) is 50.4 Å². The summed E-state index contributed by atoms with van der Waals surface area (Å²) in [6, 6.07) is 16.3. The molecule has 5 heteroatoms. The number of phenols is 1. The van der Waals surface area contributed by atoms with Crippen LogP contribution in [0, 0.1) is 6.92 Å². The van der Waals surface area contributed by atoms with E-state index in [0.29, 0.717) is 12.1 Å². The van der Waals surface area contributed by atoms with Gasteiger partial charge >= 0.3 is 0 Å². The highest BCUT2D eigenvalue weighted by molar-refractivity contribution is 5.95. The van der Waals surface area contributed by atoms with Gasteiger partial charge in [0.1, 0.15) is 5.75 Å². The third-order valence-electron chi connectivity index (χ3n) is 3.85. The zero-order valence-corrected chi connectivity index (χ0v) is 13.7. The Hall–Kier alpha value is -3.08. The van der Waals surface area contributed by atoms with Gasteiger partial charge in [0.05, 0.1) is 17.9 Å². The van der Waals surface area contributed by atoms with Gasteiger partial charge in [0.25, 0.3) is 5.91 Å². The van der Waals surface area contributed by atoms with Gasteiger partial charge in [-0.15, -0.1) is 0 Å². The van der Waals surface area contributed by atoms with E-state index in [1.165, 1.54) is 0 Å². The molecule has 0 saturated carbocycles. The van der Waals surface area contributed by atoms with Gasteiger partial charge in [-0.1, -0.05) is 24.3 Å². The highest BCUT2D eigenvalue weighted by Crippen LogP contribution is 2.22. The lowest BCUT2D eigenvalue weighted by Crippen LogP contribution is -2.24. The lowest BCUT2D eigenvalue weighted by molar-refractivity contribution is 0.0950. The fraction of sp³-hybridized carbons (Fsp3) is 0.158. The molecular formula is C19H19N3O2. The largest absolute Gasteiger partial charge is 0.508 e. The zero-order chi connectivity index (χ0) is 17.1. The van der Waals surface area contributed by atoms with Gasteiger partial charge in [0.2, 0.25) is 0 Å². The Balaban J connectivity index is 1.74. The lowest BCUT2D eigenvalue weighted by atomic mass is 10.0. The van der Waals surface area contributed by atoms with Crippen LogP contribution in [0.15, 0.2) is 54.6 Å². The summed E-state index contributed by atoms with van der Waals surface area (Å²) in [5, 5.41) is 16.6. The molecule has 0 aliphatic rings. The second-order valence-electron chi connectivity index (χ2n) is 5.71. The molecule has 0 fully saturated rings. The van der Waals surface area contributed by atoms with E-state index < -0.39 is 0 Å². The van der Waals surface area contributed by atoms with Crippen molar-refractivity contribution < 1.29 is 9.90 Å². The maximum absolute atomic E-state index is 12.4. The van der Waals surface area contributed by atoms with Crippen molar-refractivity contribution >= 4 is 5.91 Å². The second kappa shape index (κ2) is 6.58. The molecule has 3 aromatic rings. The van der Waals surface area contributed by atoms with Crippen molar-refractivity contribution in [3.8, 4) is 16.9 Å². The number of carbonyl (C=O) groups excluding carboxylic acids is 1. The van der Waals surface area contributed by atoms with Gasteiger partial charge in [-0.3, -0.25) is 9.48 Å². The van der Waals surface area contributed by atoms with Crippen molar-refractivity contribution in [3.05, 3.63) is 71.5 Å². The van der Waals surface area contributed by atoms with E-state index >= 15 is 0 Å². The van der Waals surface area contributed by atoms with Gasteiger partial charge in [0, 0.05) is 12.6 Å². The molecular weight excluding hydrogens is 302 g/mol. The third-order valence-corrected chi connectivity index (χ3v) is 3.85. The number of nitrogens with zero attached hydrogens (tertiary/aromatic N) is 2. The van der Waals surface area contributed by atoms with E-state index in [2.05, 4.69) is 10.4 Å². The number of carbonyl (C=O) groups is 1. The molecule has 1 amide bonds. The summed E-state index contributed by atoms with van der Waals surface area (Å²) in [5.74, 6) is 0.0913. The fourth-order valence-corrected chi connectivity index (χ4v) is 2.60. The number of hydrogen-bond donors (Lipinski definition) is 2. The Morgan fingerprint density at radius 2 is 1.88 bits per heavy atom. The number of hydrogen-bond acceptors (Lipinski definition) is 3. The Morgan fingerprint density at radius 1 is 1.12 bits per heavy atom. The molecule has 1 heterocycles. The topological polar surface area (TPSA) is 67.2 Å². The van der Waals surface area contributed by atoms with Crippen LogP contribution in [0.1, 0.15) is 21.7 Å². The number of aryl methyl sites for hydroxylation is 2. The first-order valence-electron chi connectivity index (χ1n) is 7.70. The summed E-state index contributed by atoms with van der Waals surface area (Å²) in [6.45, 7) is 2.35. The maximum Gasteiger partial charge on any atom is 0.251 e. The molecule has 0 saturated heterocycles. The fourth-order valence-electron chi connectivity index (χ4n) is 2.60. The second-order valence-corrected chi connectivity index (χ2v) is 5.71. The van der Waals surface area contributed by atoms with Gasteiger partial charge < -0.3 is 10.4 Å². The van der Waals surface area contributed by atoms with Crippen LogP contribution in [0.5, 0.6) is 5.75 Å². The summed E-state index contributed by atoms with van der Waals surface area (Å²) in [7, 11) is 1.86. The molecule has 0 aliphatic carbocycles. The predicted molar refractivity (Wildman–Crippen MR) is 92.7 cm³/mol. The SMILES string of the molecule is Cc1cc(CNC(=O)c2cccc(-c3ccc(O)cc3)c2)n(C)n1. The van der Waals surface area contributed by atoms with Gasteiger partial charge in [0.15, 0.2) is 0 Å². The molecule has 0 bridgehead atoms. The Bertz CT molecular complexity index is 867. The number of phenolic OH excluding ortho intramolecular Hbond substituents is 1. The van der Waals surface area contributed by atoms with Crippen LogP contribution in [0.2, 0.25) is 0 Å². The molecule has 2 N–H and O–H groups in total. The molecule has 1 aromatic heterocycles. The van der Waals surface area contributed by atoms with E-state index in [-0.39, 0.29) is 11.7 Å². The van der Waals surface area contributed by atoms with Crippen molar-refractivity contribution in [3.63, 3.8) is 0 Å². The average molecular weight is 321 g/mol. The van der Waals surface area contributed by atoms with Crippen LogP contribution in [0.3, 0.4) is 0 Å². The first-order chi connectivity index (χ1) is 11.5. The van der Waals surface area contributed by atoms with E-state index in [9.17, 15) is 9.90 Å². The highest BCUT2D eigenvalue weighted by Gasteiger charge is 2.09. The summed E-state index contributed by atoms with van der Waals surface area (Å²) >= 11 is 0. The lowest BCUT2D eigenvalue weighted by Gasteiger charge is -2.08. The molecule has 0 atom stereocenters. The number of amides is 1. The quantitative estimate of drug-likeness (QED) is 0.776. The summed E-state index contributed by atoms with van der Waals surface area (Å²) in [5.41, 5.74) is 4.36. The summed E-state index contributed by atoms with van der Waals surface area (Å²) < 4.78 is 1.77. The zero-order valence-electron chi connectivity index (χ0n) is 13.7. The average Bonchev–Trinajstić information content (AvgIpc) is 2.91. The molecule has 5 nitrogen and oxygen atoms in total. The molecule has 0 unspecified atom stereocenters. The van der Waals surface area contributed by atoms with Crippen LogP contribution in [-0.2, 0) is 13.6 Å². The third kappa shape index (κ3) is 3.46. The van der Waals surface area contributed by atoms with Crippen molar-refractivity contribution in [1.29, 1.82) is 0 Å². The van der Waals surface area contributed by atoms with Gasteiger partial charge in [-0.05, 0) is 48.4 Å². The molecule has 0 radical (unpaired) electrons. The van der Waals surface area contributed by atoms with Crippen LogP contribution in [0.25, 0.3) is 11.1 Å². The van der Waals surface area contributed by atoms with Gasteiger partial charge in [-0.25, -0.2) is 0 Å². The summed E-state index contributed by atoms with van der Waals surface area (Å²) in [4.78, 5) is 12.4. The van der Waals surface area contributed by atoms with Crippen molar-refractivity contribution in [1.82, 2.24) is 15.1 Å². The van der Waals surface area contributed by atoms with Crippen molar-refractivity contribution in [2.75, 3.05) is 0 Å². The smallest absolute Gasteiger partial charge is 0.251 e. The molecule has 24 heavy (non-hydrogen) atoms. The van der Waals surface area contributed by atoms with Gasteiger partial charge in [-0.2, -0.15) is 5.10 Å². The molecule has 0 spiro atoms. The standard InChI is InChI=1S/C19H19N3O2/c1-13-10-17(22(2)21-13)12-20-19(24)16-5-3-4-15(11-16)14-6-8-18(23)9-7-14/h3-11,23H,12H2,1-2H3,(H,20,24). The number of aromatic nitrogens is 2. The van der Waals surface area contributed by atoms with E-state index in [1.54, 1.807) is 22.9 Å². The number of nitrogens with one attached hydrogen (secondary N) is 1. The van der Waals surface area contributed by atoms with E-state index in [4.69, 9.17) is 0 Å². The first-order valence-corrected chi connectivity index (χ1v) is 7.70. The first kappa shape index (κ1) is 15.8. The predicted octanol–water partition coefficient (Wildman–Crippen LogP) is 3.03. The Morgan fingerprint density at radius 3 is 2.54 bits per heavy atom. The van der Waals surface area contributed by atoms with Crippen LogP contribution >= 0.6 is 0 Å². The van der Waals surface area contributed by atoms with Crippen LogP contribution in [0.4, 0.5) is 0 Å². The maximum atomic E-state index is 12.4. The molecule has 3 rings (SSSR count). The van der Waals surface area contributed by atoms with Crippen LogP contribution < -0.4 is 5.32 Å². The van der Waals surface area contributed by atoms with E-state index in [0.717, 1.165) is 22.5 Å². The number of aromatic hydroxyl groups is 1. The number of benzene rings is 2. The normalized spacial score (nSPS) is 10.6. The minimum atomic E-state index is -0.130. The monoisotopic (exact) mass is 321 g/mol. The minimum absolute atomic E-state index is 0.130. The molecule has 2 aromatic carbocycles. The number of rotatable bonds is 4. The van der Waals surface area contributed by atoms with Crippen molar-refractivity contribution in [2.24, 2.45) is 7.05 Å². The van der Waals surface area contributed by atoms with Crippen molar-refractivity contribution in [2.45, 2.75) is 13.5 Å². The highest BCUT2D eigenvalue weighted by atomic mass is 16.3.